The van der Waals surface area contributed by atoms with Crippen LogP contribution in [0.3, 0.4) is 0 Å². The van der Waals surface area contributed by atoms with Gasteiger partial charge in [0.25, 0.3) is 5.91 Å². The summed E-state index contributed by atoms with van der Waals surface area (Å²) in [6, 6.07) is 10.5. The van der Waals surface area contributed by atoms with Crippen LogP contribution in [0.15, 0.2) is 30.3 Å². The van der Waals surface area contributed by atoms with Crippen LogP contribution >= 0.6 is 0 Å². The van der Waals surface area contributed by atoms with Crippen molar-refractivity contribution < 1.29 is 9.59 Å². The van der Waals surface area contributed by atoms with Crippen LogP contribution in [0.5, 0.6) is 0 Å². The van der Waals surface area contributed by atoms with Gasteiger partial charge in [-0.3, -0.25) is 14.3 Å². The number of nitrogens with zero attached hydrogens (tertiary/aromatic N) is 4. The number of carbonyl (C=O) groups is 2. The highest BCUT2D eigenvalue weighted by Gasteiger charge is 2.48. The van der Waals surface area contributed by atoms with E-state index in [-0.39, 0.29) is 17.9 Å². The van der Waals surface area contributed by atoms with Crippen molar-refractivity contribution in [2.24, 2.45) is 11.8 Å². The Morgan fingerprint density at radius 2 is 1.70 bits per heavy atom. The van der Waals surface area contributed by atoms with Crippen molar-refractivity contribution in [3.63, 3.8) is 0 Å². The van der Waals surface area contributed by atoms with Crippen molar-refractivity contribution in [1.82, 2.24) is 24.9 Å². The van der Waals surface area contributed by atoms with E-state index >= 15 is 0 Å². The molecule has 3 heterocycles. The lowest BCUT2D eigenvalue weighted by Crippen LogP contribution is -2.65. The van der Waals surface area contributed by atoms with E-state index in [1.807, 2.05) is 17.9 Å². The maximum absolute atomic E-state index is 14.1. The van der Waals surface area contributed by atoms with Crippen LogP contribution < -0.4 is 5.32 Å². The highest BCUT2D eigenvalue weighted by atomic mass is 16.2. The highest BCUT2D eigenvalue weighted by molar-refractivity contribution is 6.00. The first kappa shape index (κ1) is 28.8. The Bertz CT molecular complexity index is 1160. The Labute approximate surface area is 240 Å². The zero-order valence-electron chi connectivity index (χ0n) is 25.1. The Balaban J connectivity index is 1.38. The minimum atomic E-state index is -0.978. The Kier molecular flexibility index (Phi) is 8.98. The van der Waals surface area contributed by atoms with Crippen LogP contribution in [-0.4, -0.2) is 69.2 Å². The number of aromatic nitrogens is 2. The smallest absolute Gasteiger partial charge is 0.273 e. The van der Waals surface area contributed by atoms with Crippen molar-refractivity contribution in [2.75, 3.05) is 26.2 Å². The molecular formula is C33H49N5O2. The van der Waals surface area contributed by atoms with Crippen molar-refractivity contribution in [1.29, 1.82) is 0 Å². The number of amides is 2. The predicted molar refractivity (Wildman–Crippen MR) is 160 cm³/mol. The molecule has 218 valence electrons. The summed E-state index contributed by atoms with van der Waals surface area (Å²) in [7, 11) is 0. The summed E-state index contributed by atoms with van der Waals surface area (Å²) >= 11 is 0. The summed E-state index contributed by atoms with van der Waals surface area (Å²) < 4.78 is 1.78. The molecule has 40 heavy (non-hydrogen) atoms. The van der Waals surface area contributed by atoms with Crippen molar-refractivity contribution in [3.05, 3.63) is 41.6 Å². The summed E-state index contributed by atoms with van der Waals surface area (Å²) in [4.78, 5) is 32.5. The number of piperidine rings is 1. The molecular weight excluding hydrogens is 498 g/mol. The van der Waals surface area contributed by atoms with Gasteiger partial charge in [-0.25, -0.2) is 0 Å². The van der Waals surface area contributed by atoms with Gasteiger partial charge in [-0.2, -0.15) is 5.10 Å². The van der Waals surface area contributed by atoms with E-state index in [0.29, 0.717) is 30.6 Å². The summed E-state index contributed by atoms with van der Waals surface area (Å²) in [6.07, 6.45) is 9.95. The summed E-state index contributed by atoms with van der Waals surface area (Å²) in [5.41, 5.74) is 2.66. The minimum Gasteiger partial charge on any atom is -0.351 e. The van der Waals surface area contributed by atoms with Crippen LogP contribution in [0.1, 0.15) is 95.1 Å². The van der Waals surface area contributed by atoms with E-state index in [9.17, 15) is 9.59 Å². The van der Waals surface area contributed by atoms with Crippen LogP contribution in [0.25, 0.3) is 11.3 Å². The van der Waals surface area contributed by atoms with E-state index in [0.717, 1.165) is 69.4 Å². The molecule has 1 aromatic heterocycles. The zero-order valence-corrected chi connectivity index (χ0v) is 25.1. The lowest BCUT2D eigenvalue weighted by atomic mass is 9.91. The number of hydrogen-bond donors (Lipinski definition) is 1. The molecule has 1 N–H and O–H groups in total. The second kappa shape index (κ2) is 12.5. The maximum Gasteiger partial charge on any atom is 0.273 e. The molecule has 0 radical (unpaired) electrons. The molecule has 7 nitrogen and oxygen atoms in total. The predicted octanol–water partition coefficient (Wildman–Crippen LogP) is 5.53. The molecule has 1 saturated carbocycles. The molecule has 1 aliphatic carbocycles. The molecule has 0 spiro atoms. The number of fused-ring (bicyclic) bond motifs is 1. The average Bonchev–Trinajstić information content (AvgIpc) is 3.18. The number of likely N-dealkylation sites (tertiary alicyclic amines) is 1. The molecule has 1 aromatic carbocycles. The number of carbonyl (C=O) groups excluding carboxylic acids is 2. The van der Waals surface area contributed by atoms with Crippen molar-refractivity contribution in [2.45, 2.75) is 104 Å². The van der Waals surface area contributed by atoms with E-state index in [4.69, 9.17) is 5.10 Å². The van der Waals surface area contributed by atoms with Gasteiger partial charge in [0, 0.05) is 31.2 Å². The number of benzene rings is 1. The molecule has 0 bridgehead atoms. The Morgan fingerprint density at radius 3 is 2.35 bits per heavy atom. The lowest BCUT2D eigenvalue weighted by molar-refractivity contribution is -0.134. The van der Waals surface area contributed by atoms with Crippen LogP contribution in [0, 0.1) is 11.8 Å². The molecule has 1 saturated heterocycles. The van der Waals surface area contributed by atoms with Gasteiger partial charge < -0.3 is 15.1 Å². The van der Waals surface area contributed by atoms with E-state index in [1.165, 1.54) is 24.8 Å². The van der Waals surface area contributed by atoms with Crippen LogP contribution in [0.2, 0.25) is 0 Å². The summed E-state index contributed by atoms with van der Waals surface area (Å²) in [5.74, 6) is 1.28. The standard InChI is InChI=1S/C33H49N5O2/c1-5-26-13-15-27(16-14-26)29-20-30-31(39)37(18-10-17-36-21-24(2)19-25(3)22-36)33(4,23-38(30)35-29)32(40)34-28-11-8-6-7-9-12-28/h13-16,20,24-25,28H,5-12,17-19,21-23H2,1-4H3,(H,34,40). The summed E-state index contributed by atoms with van der Waals surface area (Å²) in [6.45, 7) is 12.9. The zero-order chi connectivity index (χ0) is 28.3. The SMILES string of the molecule is CCc1ccc(-c2cc3n(n2)CC(C)(C(=O)NC2CCCCCC2)N(CCCN2CC(C)CC(C)C2)C3=O)cc1. The quantitative estimate of drug-likeness (QED) is 0.441. The first-order chi connectivity index (χ1) is 19.3. The van der Waals surface area contributed by atoms with Gasteiger partial charge in [0.2, 0.25) is 5.91 Å². The first-order valence-electron chi connectivity index (χ1n) is 15.8. The third-order valence-corrected chi connectivity index (χ3v) is 9.44. The van der Waals surface area contributed by atoms with Gasteiger partial charge in [0.15, 0.2) is 0 Å². The Hall–Kier alpha value is -2.67. The monoisotopic (exact) mass is 547 g/mol. The number of nitrogens with one attached hydrogen (secondary N) is 1. The molecule has 2 amide bonds. The van der Waals surface area contributed by atoms with Gasteiger partial charge in [0.1, 0.15) is 11.2 Å². The lowest BCUT2D eigenvalue weighted by Gasteiger charge is -2.44. The van der Waals surface area contributed by atoms with Crippen molar-refractivity contribution >= 4 is 11.8 Å². The van der Waals surface area contributed by atoms with Crippen LogP contribution in [0.4, 0.5) is 0 Å². The average molecular weight is 548 g/mol. The van der Waals surface area contributed by atoms with Gasteiger partial charge in [0.05, 0.1) is 12.2 Å². The highest BCUT2D eigenvalue weighted by Crippen LogP contribution is 2.31. The topological polar surface area (TPSA) is 70.5 Å². The fourth-order valence-electron chi connectivity index (χ4n) is 7.24. The largest absolute Gasteiger partial charge is 0.351 e. The van der Waals surface area contributed by atoms with Gasteiger partial charge >= 0.3 is 0 Å². The summed E-state index contributed by atoms with van der Waals surface area (Å²) in [5, 5.41) is 8.22. The molecule has 3 atom stereocenters. The fraction of sp³-hybridized carbons (Fsp3) is 0.667. The first-order valence-corrected chi connectivity index (χ1v) is 15.8. The molecule has 5 rings (SSSR count). The van der Waals surface area contributed by atoms with E-state index in [1.54, 1.807) is 4.68 Å². The molecule has 2 aliphatic heterocycles. The second-order valence-electron chi connectivity index (χ2n) is 13.1. The number of hydrogen-bond acceptors (Lipinski definition) is 4. The van der Waals surface area contributed by atoms with E-state index in [2.05, 4.69) is 55.3 Å². The van der Waals surface area contributed by atoms with E-state index < -0.39 is 5.54 Å². The molecule has 3 aliphatic rings. The normalized spacial score (nSPS) is 26.4. The molecule has 7 heteroatoms. The van der Waals surface area contributed by atoms with Gasteiger partial charge in [-0.1, -0.05) is 70.7 Å². The fourth-order valence-corrected chi connectivity index (χ4v) is 7.24. The third kappa shape index (κ3) is 6.29. The molecule has 2 fully saturated rings. The van der Waals surface area contributed by atoms with Crippen molar-refractivity contribution in [3.8, 4) is 11.3 Å². The number of aryl methyl sites for hydroxylation is 1. The van der Waals surface area contributed by atoms with Crippen LogP contribution in [-0.2, 0) is 17.8 Å². The number of rotatable bonds is 8. The third-order valence-electron chi connectivity index (χ3n) is 9.44. The molecule has 2 aromatic rings. The maximum atomic E-state index is 14.1. The Morgan fingerprint density at radius 1 is 1.02 bits per heavy atom. The molecule has 3 unspecified atom stereocenters. The van der Waals surface area contributed by atoms with Gasteiger partial charge in [-0.05, 0) is 69.0 Å². The minimum absolute atomic E-state index is 0.0389. The second-order valence-corrected chi connectivity index (χ2v) is 13.1. The van der Waals surface area contributed by atoms with Gasteiger partial charge in [-0.15, -0.1) is 0 Å².